The van der Waals surface area contributed by atoms with Crippen LogP contribution in [-0.4, -0.2) is 36.1 Å². The van der Waals surface area contributed by atoms with Crippen molar-refractivity contribution < 1.29 is 0 Å². The van der Waals surface area contributed by atoms with Crippen LogP contribution in [-0.2, 0) is 0 Å². The molecule has 1 aromatic heterocycles. The van der Waals surface area contributed by atoms with Crippen LogP contribution in [0.4, 0.5) is 11.5 Å². The third-order valence-corrected chi connectivity index (χ3v) is 3.68. The Balaban J connectivity index is 0.00000161. The van der Waals surface area contributed by atoms with Crippen molar-refractivity contribution in [3.8, 4) is 0 Å². The number of para-hydroxylation sites is 1. The van der Waals surface area contributed by atoms with E-state index in [0.717, 1.165) is 43.5 Å². The van der Waals surface area contributed by atoms with Crippen LogP contribution in [0.15, 0.2) is 36.4 Å². The molecule has 1 fully saturated rings. The average Bonchev–Trinajstić information content (AvgIpc) is 2.47. The number of piperazine rings is 1. The van der Waals surface area contributed by atoms with Crippen LogP contribution in [0, 0.1) is 13.8 Å². The first-order chi connectivity index (χ1) is 9.72. The molecule has 0 spiro atoms. The van der Waals surface area contributed by atoms with Crippen molar-refractivity contribution in [2.75, 3.05) is 36.0 Å². The highest BCUT2D eigenvalue weighted by Gasteiger charge is 2.18. The van der Waals surface area contributed by atoms with Crippen LogP contribution in [0.2, 0.25) is 0 Å². The SMILES string of the molecule is Cc1cc(N2CCN(c3ccccc3)CC2)nc(C)n1.Cl. The highest BCUT2D eigenvalue weighted by molar-refractivity contribution is 5.85. The predicted molar refractivity (Wildman–Crippen MR) is 89.6 cm³/mol. The van der Waals surface area contributed by atoms with Gasteiger partial charge in [-0.2, -0.15) is 0 Å². The number of hydrogen-bond donors (Lipinski definition) is 0. The summed E-state index contributed by atoms with van der Waals surface area (Å²) in [5.74, 6) is 1.91. The fourth-order valence-corrected chi connectivity index (χ4v) is 2.69. The standard InChI is InChI=1S/C16H20N4.ClH/c1-13-12-16(18-14(2)17-13)20-10-8-19(9-11-20)15-6-4-3-5-7-15;/h3-7,12H,8-11H2,1-2H3;1H. The summed E-state index contributed by atoms with van der Waals surface area (Å²) in [6, 6.07) is 12.7. The molecule has 0 N–H and O–H groups in total. The summed E-state index contributed by atoms with van der Waals surface area (Å²) in [5, 5.41) is 0. The molecule has 0 unspecified atom stereocenters. The average molecular weight is 305 g/mol. The first kappa shape index (κ1) is 15.6. The molecule has 1 aliphatic rings. The van der Waals surface area contributed by atoms with Crippen LogP contribution >= 0.6 is 12.4 Å². The van der Waals surface area contributed by atoms with E-state index in [1.807, 2.05) is 13.8 Å². The Bertz CT molecular complexity index is 560. The summed E-state index contributed by atoms with van der Waals surface area (Å²) in [6.45, 7) is 8.06. The highest BCUT2D eigenvalue weighted by atomic mass is 35.5. The molecule has 5 heteroatoms. The minimum absolute atomic E-state index is 0. The molecule has 4 nitrogen and oxygen atoms in total. The first-order valence-electron chi connectivity index (χ1n) is 7.09. The summed E-state index contributed by atoms with van der Waals surface area (Å²) in [7, 11) is 0. The summed E-state index contributed by atoms with van der Waals surface area (Å²) in [6.07, 6.45) is 0. The number of aromatic nitrogens is 2. The monoisotopic (exact) mass is 304 g/mol. The fraction of sp³-hybridized carbons (Fsp3) is 0.375. The number of hydrogen-bond acceptors (Lipinski definition) is 4. The lowest BCUT2D eigenvalue weighted by Gasteiger charge is -2.36. The second-order valence-electron chi connectivity index (χ2n) is 5.22. The maximum Gasteiger partial charge on any atom is 0.132 e. The van der Waals surface area contributed by atoms with E-state index in [0.29, 0.717) is 0 Å². The number of rotatable bonds is 2. The number of benzene rings is 1. The Kier molecular flexibility index (Phi) is 5.02. The Morgan fingerprint density at radius 3 is 2.10 bits per heavy atom. The topological polar surface area (TPSA) is 32.3 Å². The smallest absolute Gasteiger partial charge is 0.132 e. The van der Waals surface area contributed by atoms with Crippen molar-refractivity contribution in [3.63, 3.8) is 0 Å². The van der Waals surface area contributed by atoms with Crippen molar-refractivity contribution in [3.05, 3.63) is 47.9 Å². The maximum absolute atomic E-state index is 4.55. The van der Waals surface area contributed by atoms with E-state index >= 15 is 0 Å². The normalized spacial score (nSPS) is 14.8. The maximum atomic E-state index is 4.55. The third kappa shape index (κ3) is 3.64. The predicted octanol–water partition coefficient (Wildman–Crippen LogP) is 2.84. The Hall–Kier alpha value is -1.81. The van der Waals surface area contributed by atoms with Gasteiger partial charge < -0.3 is 9.80 Å². The van der Waals surface area contributed by atoms with Crippen LogP contribution in [0.25, 0.3) is 0 Å². The van der Waals surface area contributed by atoms with E-state index in [1.165, 1.54) is 5.69 Å². The number of nitrogens with zero attached hydrogens (tertiary/aromatic N) is 4. The van der Waals surface area contributed by atoms with Gasteiger partial charge in [0.25, 0.3) is 0 Å². The molecule has 1 aromatic carbocycles. The van der Waals surface area contributed by atoms with E-state index in [-0.39, 0.29) is 12.4 Å². The summed E-state index contributed by atoms with van der Waals surface area (Å²) in [5.41, 5.74) is 2.35. The molecule has 0 amide bonds. The fourth-order valence-electron chi connectivity index (χ4n) is 2.69. The molecular formula is C16H21ClN4. The van der Waals surface area contributed by atoms with Crippen LogP contribution in [0.3, 0.4) is 0 Å². The number of aryl methyl sites for hydroxylation is 2. The van der Waals surface area contributed by atoms with E-state index in [1.54, 1.807) is 0 Å². The molecule has 0 saturated carbocycles. The molecule has 1 saturated heterocycles. The van der Waals surface area contributed by atoms with Gasteiger partial charge in [0.2, 0.25) is 0 Å². The zero-order chi connectivity index (χ0) is 13.9. The van der Waals surface area contributed by atoms with Crippen molar-refractivity contribution in [1.29, 1.82) is 0 Å². The van der Waals surface area contributed by atoms with E-state index < -0.39 is 0 Å². The summed E-state index contributed by atoms with van der Waals surface area (Å²) in [4.78, 5) is 13.7. The Labute approximate surface area is 132 Å². The molecular weight excluding hydrogens is 284 g/mol. The second kappa shape index (κ2) is 6.76. The van der Waals surface area contributed by atoms with Crippen molar-refractivity contribution in [2.24, 2.45) is 0 Å². The summed E-state index contributed by atoms with van der Waals surface area (Å²) >= 11 is 0. The molecule has 21 heavy (non-hydrogen) atoms. The van der Waals surface area contributed by atoms with E-state index in [4.69, 9.17) is 0 Å². The van der Waals surface area contributed by atoms with Gasteiger partial charge in [-0.05, 0) is 26.0 Å². The summed E-state index contributed by atoms with van der Waals surface area (Å²) < 4.78 is 0. The molecule has 0 radical (unpaired) electrons. The van der Waals surface area contributed by atoms with Gasteiger partial charge >= 0.3 is 0 Å². The highest BCUT2D eigenvalue weighted by Crippen LogP contribution is 2.19. The zero-order valence-electron chi connectivity index (χ0n) is 12.5. The molecule has 0 atom stereocenters. The molecule has 0 aliphatic carbocycles. The van der Waals surface area contributed by atoms with E-state index in [2.05, 4.69) is 56.2 Å². The minimum atomic E-state index is 0. The lowest BCUT2D eigenvalue weighted by molar-refractivity contribution is 0.645. The van der Waals surface area contributed by atoms with Gasteiger partial charge in [0, 0.05) is 43.6 Å². The largest absolute Gasteiger partial charge is 0.368 e. The van der Waals surface area contributed by atoms with Gasteiger partial charge in [0.15, 0.2) is 0 Å². The van der Waals surface area contributed by atoms with Crippen molar-refractivity contribution in [2.45, 2.75) is 13.8 Å². The Morgan fingerprint density at radius 1 is 0.857 bits per heavy atom. The van der Waals surface area contributed by atoms with Gasteiger partial charge in [0.05, 0.1) is 0 Å². The first-order valence-corrected chi connectivity index (χ1v) is 7.09. The third-order valence-electron chi connectivity index (χ3n) is 3.68. The molecule has 2 heterocycles. The van der Waals surface area contributed by atoms with Crippen LogP contribution in [0.1, 0.15) is 11.5 Å². The lowest BCUT2D eigenvalue weighted by atomic mass is 10.2. The van der Waals surface area contributed by atoms with Gasteiger partial charge in [0.1, 0.15) is 11.6 Å². The molecule has 1 aliphatic heterocycles. The molecule has 2 aromatic rings. The van der Waals surface area contributed by atoms with Gasteiger partial charge in [-0.1, -0.05) is 18.2 Å². The molecule has 112 valence electrons. The van der Waals surface area contributed by atoms with E-state index in [9.17, 15) is 0 Å². The minimum Gasteiger partial charge on any atom is -0.368 e. The van der Waals surface area contributed by atoms with Crippen molar-refractivity contribution >= 4 is 23.9 Å². The Morgan fingerprint density at radius 2 is 1.48 bits per heavy atom. The van der Waals surface area contributed by atoms with Gasteiger partial charge in [-0.25, -0.2) is 9.97 Å². The van der Waals surface area contributed by atoms with Crippen LogP contribution < -0.4 is 9.80 Å². The second-order valence-corrected chi connectivity index (χ2v) is 5.22. The number of anilines is 2. The van der Waals surface area contributed by atoms with Crippen molar-refractivity contribution in [1.82, 2.24) is 9.97 Å². The number of halogens is 1. The van der Waals surface area contributed by atoms with Gasteiger partial charge in [-0.15, -0.1) is 12.4 Å². The zero-order valence-corrected chi connectivity index (χ0v) is 13.3. The quantitative estimate of drug-likeness (QED) is 0.854. The molecule has 3 rings (SSSR count). The van der Waals surface area contributed by atoms with Gasteiger partial charge in [-0.3, -0.25) is 0 Å². The lowest BCUT2D eigenvalue weighted by Crippen LogP contribution is -2.46. The van der Waals surface area contributed by atoms with Crippen LogP contribution in [0.5, 0.6) is 0 Å². The molecule has 0 bridgehead atoms.